The van der Waals surface area contributed by atoms with Crippen LogP contribution in [0.1, 0.15) is 26.3 Å². The van der Waals surface area contributed by atoms with Crippen molar-refractivity contribution in [2.24, 2.45) is 0 Å². The number of fused-ring (bicyclic) bond motifs is 2. The van der Waals surface area contributed by atoms with Crippen molar-refractivity contribution < 1.29 is 18.7 Å². The number of hydrogen-bond donors (Lipinski definition) is 1. The lowest BCUT2D eigenvalue weighted by atomic mass is 9.98. The van der Waals surface area contributed by atoms with E-state index in [2.05, 4.69) is 15.3 Å². The Balaban J connectivity index is 1.83. The highest BCUT2D eigenvalue weighted by atomic mass is 19.1. The standard InChI is InChI=1S/C23H25FN4O3/c1-13-17(16-8-14-10-19(25-5)26-11-15(14)9-18(16)24)12-27-21-20(13)28(6-7-30-21)22(29)31-23(2,3)4/h8-12H,6-7H2,1-5H3,(H,25,26). The number of nitrogens with zero attached hydrogens (tertiary/aromatic N) is 3. The summed E-state index contributed by atoms with van der Waals surface area (Å²) >= 11 is 0. The smallest absolute Gasteiger partial charge is 0.415 e. The number of ether oxygens (including phenoxy) is 2. The molecule has 31 heavy (non-hydrogen) atoms. The second-order valence-corrected chi connectivity index (χ2v) is 8.43. The van der Waals surface area contributed by atoms with E-state index in [0.717, 1.165) is 5.39 Å². The molecular weight excluding hydrogens is 399 g/mol. The molecule has 0 spiro atoms. The number of halogens is 1. The number of anilines is 2. The summed E-state index contributed by atoms with van der Waals surface area (Å²) in [4.78, 5) is 22.9. The van der Waals surface area contributed by atoms with E-state index >= 15 is 4.39 Å². The molecule has 0 aliphatic carbocycles. The number of carbonyl (C=O) groups is 1. The Hall–Kier alpha value is -3.42. The van der Waals surface area contributed by atoms with Gasteiger partial charge in [0.15, 0.2) is 0 Å². The van der Waals surface area contributed by atoms with Crippen molar-refractivity contribution in [2.45, 2.75) is 33.3 Å². The molecule has 0 radical (unpaired) electrons. The molecule has 0 saturated heterocycles. The summed E-state index contributed by atoms with van der Waals surface area (Å²) in [6.45, 7) is 7.90. The summed E-state index contributed by atoms with van der Waals surface area (Å²) in [7, 11) is 1.78. The van der Waals surface area contributed by atoms with Gasteiger partial charge in [0.25, 0.3) is 0 Å². The first-order valence-corrected chi connectivity index (χ1v) is 10.1. The minimum Gasteiger partial charge on any atom is -0.474 e. The maximum absolute atomic E-state index is 15.1. The Morgan fingerprint density at radius 3 is 2.65 bits per heavy atom. The van der Waals surface area contributed by atoms with Crippen LogP contribution in [-0.4, -0.2) is 41.9 Å². The molecule has 162 valence electrons. The number of benzene rings is 1. The molecule has 0 atom stereocenters. The highest BCUT2D eigenvalue weighted by molar-refractivity contribution is 5.94. The van der Waals surface area contributed by atoms with Crippen LogP contribution < -0.4 is 15.0 Å². The SMILES string of the molecule is CNc1cc2cc(-c3cnc4c(c3C)N(C(=O)OC(C)(C)C)CCO4)c(F)cc2cn1. The van der Waals surface area contributed by atoms with E-state index in [1.807, 2.05) is 33.8 Å². The molecule has 7 nitrogen and oxygen atoms in total. The minimum atomic E-state index is -0.641. The first-order valence-electron chi connectivity index (χ1n) is 10.1. The topological polar surface area (TPSA) is 76.6 Å². The average Bonchev–Trinajstić information content (AvgIpc) is 2.72. The summed E-state index contributed by atoms with van der Waals surface area (Å²) in [6.07, 6.45) is 2.73. The minimum absolute atomic E-state index is 0.308. The Morgan fingerprint density at radius 2 is 1.94 bits per heavy atom. The summed E-state index contributed by atoms with van der Waals surface area (Å²) in [5.74, 6) is 0.632. The number of rotatable bonds is 2. The molecule has 3 heterocycles. The lowest BCUT2D eigenvalue weighted by Gasteiger charge is -2.32. The molecule has 0 fully saturated rings. The number of nitrogens with one attached hydrogen (secondary N) is 1. The van der Waals surface area contributed by atoms with E-state index in [1.165, 1.54) is 11.0 Å². The van der Waals surface area contributed by atoms with E-state index < -0.39 is 17.5 Å². The number of hydrogen-bond acceptors (Lipinski definition) is 6. The zero-order valence-corrected chi connectivity index (χ0v) is 18.2. The van der Waals surface area contributed by atoms with Gasteiger partial charge in [0.2, 0.25) is 5.88 Å². The van der Waals surface area contributed by atoms with Crippen molar-refractivity contribution in [3.05, 3.63) is 42.0 Å². The largest absolute Gasteiger partial charge is 0.474 e. The molecule has 4 rings (SSSR count). The second-order valence-electron chi connectivity index (χ2n) is 8.43. The van der Waals surface area contributed by atoms with Gasteiger partial charge in [-0.3, -0.25) is 4.90 Å². The van der Waals surface area contributed by atoms with Gasteiger partial charge >= 0.3 is 6.09 Å². The van der Waals surface area contributed by atoms with Crippen molar-refractivity contribution in [2.75, 3.05) is 30.4 Å². The van der Waals surface area contributed by atoms with Crippen LogP contribution in [0, 0.1) is 12.7 Å². The summed E-state index contributed by atoms with van der Waals surface area (Å²) in [5.41, 5.74) is 1.53. The van der Waals surface area contributed by atoms with Gasteiger partial charge in [0.1, 0.15) is 29.5 Å². The Kier molecular flexibility index (Phi) is 5.16. The summed E-state index contributed by atoms with van der Waals surface area (Å²) in [5, 5.41) is 4.53. The molecule has 1 aliphatic heterocycles. The zero-order valence-electron chi connectivity index (χ0n) is 18.2. The first-order chi connectivity index (χ1) is 14.7. The van der Waals surface area contributed by atoms with Crippen LogP contribution in [0.5, 0.6) is 5.88 Å². The van der Waals surface area contributed by atoms with Gasteiger partial charge in [-0.15, -0.1) is 0 Å². The lowest BCUT2D eigenvalue weighted by Crippen LogP contribution is -2.42. The lowest BCUT2D eigenvalue weighted by molar-refractivity contribution is 0.0566. The van der Waals surface area contributed by atoms with Crippen LogP contribution in [0.3, 0.4) is 0 Å². The number of carbonyl (C=O) groups excluding carboxylic acids is 1. The predicted molar refractivity (Wildman–Crippen MR) is 118 cm³/mol. The number of pyridine rings is 2. The molecule has 1 N–H and O–H groups in total. The molecule has 1 aliphatic rings. The molecule has 0 unspecified atom stereocenters. The van der Waals surface area contributed by atoms with Crippen molar-refractivity contribution in [1.29, 1.82) is 0 Å². The monoisotopic (exact) mass is 424 g/mol. The van der Waals surface area contributed by atoms with Crippen molar-refractivity contribution >= 4 is 28.4 Å². The van der Waals surface area contributed by atoms with Gasteiger partial charge in [-0.2, -0.15) is 0 Å². The quantitative estimate of drug-likeness (QED) is 0.629. The van der Waals surface area contributed by atoms with Crippen molar-refractivity contribution in [3.8, 4) is 17.0 Å². The highest BCUT2D eigenvalue weighted by Crippen LogP contribution is 2.40. The van der Waals surface area contributed by atoms with Crippen molar-refractivity contribution in [3.63, 3.8) is 0 Å². The molecule has 0 bridgehead atoms. The van der Waals surface area contributed by atoms with Crippen LogP contribution in [0.4, 0.5) is 20.7 Å². The molecule has 3 aromatic rings. The maximum Gasteiger partial charge on any atom is 0.415 e. The van der Waals surface area contributed by atoms with E-state index in [-0.39, 0.29) is 0 Å². The van der Waals surface area contributed by atoms with E-state index in [4.69, 9.17) is 9.47 Å². The Morgan fingerprint density at radius 1 is 1.16 bits per heavy atom. The van der Waals surface area contributed by atoms with Crippen molar-refractivity contribution in [1.82, 2.24) is 9.97 Å². The molecule has 2 aromatic heterocycles. The van der Waals surface area contributed by atoms with E-state index in [0.29, 0.717) is 52.6 Å². The van der Waals surface area contributed by atoms with Gasteiger partial charge in [-0.1, -0.05) is 0 Å². The highest BCUT2D eigenvalue weighted by Gasteiger charge is 2.31. The van der Waals surface area contributed by atoms with Crippen LogP contribution in [-0.2, 0) is 4.74 Å². The summed E-state index contributed by atoms with van der Waals surface area (Å²) < 4.78 is 26.3. The van der Waals surface area contributed by atoms with Gasteiger partial charge in [-0.25, -0.2) is 19.2 Å². The predicted octanol–water partition coefficient (Wildman–Crippen LogP) is 4.92. The fourth-order valence-corrected chi connectivity index (χ4v) is 3.62. The first kappa shape index (κ1) is 20.8. The van der Waals surface area contributed by atoms with Crippen LogP contribution in [0.25, 0.3) is 21.9 Å². The second kappa shape index (κ2) is 7.68. The maximum atomic E-state index is 15.1. The Labute approximate surface area is 180 Å². The molecule has 0 saturated carbocycles. The van der Waals surface area contributed by atoms with E-state index in [9.17, 15) is 4.79 Å². The molecule has 1 amide bonds. The third-order valence-corrected chi connectivity index (χ3v) is 5.06. The normalized spacial score (nSPS) is 13.5. The van der Waals surface area contributed by atoms with Crippen LogP contribution in [0.15, 0.2) is 30.6 Å². The Bertz CT molecular complexity index is 1170. The fraction of sp³-hybridized carbons (Fsp3) is 0.348. The molecule has 8 heteroatoms. The third-order valence-electron chi connectivity index (χ3n) is 5.06. The molecule has 1 aromatic carbocycles. The van der Waals surface area contributed by atoms with Gasteiger partial charge in [-0.05, 0) is 56.8 Å². The zero-order chi connectivity index (χ0) is 22.3. The number of aromatic nitrogens is 2. The summed E-state index contributed by atoms with van der Waals surface area (Å²) in [6, 6.07) is 5.08. The average molecular weight is 424 g/mol. The van der Waals surface area contributed by atoms with Crippen LogP contribution >= 0.6 is 0 Å². The number of amides is 1. The molecular formula is C23H25FN4O3. The van der Waals surface area contributed by atoms with Gasteiger partial charge < -0.3 is 14.8 Å². The van der Waals surface area contributed by atoms with Gasteiger partial charge in [0.05, 0.1) is 6.54 Å². The van der Waals surface area contributed by atoms with E-state index in [1.54, 1.807) is 25.5 Å². The fourth-order valence-electron chi connectivity index (χ4n) is 3.62. The van der Waals surface area contributed by atoms with Gasteiger partial charge in [0, 0.05) is 36.0 Å². The van der Waals surface area contributed by atoms with Crippen LogP contribution in [0.2, 0.25) is 0 Å². The third kappa shape index (κ3) is 3.97.